The normalized spacial score (nSPS) is 10.3. The van der Waals surface area contributed by atoms with Gasteiger partial charge in [-0.25, -0.2) is 9.97 Å². The maximum Gasteiger partial charge on any atom is 0.256 e. The summed E-state index contributed by atoms with van der Waals surface area (Å²) >= 11 is 0. The van der Waals surface area contributed by atoms with Crippen LogP contribution < -0.4 is 5.32 Å². The molecule has 2 N–H and O–H groups in total. The summed E-state index contributed by atoms with van der Waals surface area (Å²) in [6.07, 6.45) is 12.2. The Balaban J connectivity index is 0. The molecule has 1 amide bonds. The maximum absolute atomic E-state index is 12.1. The molecular formula is C24H37N5O. The van der Waals surface area contributed by atoms with Gasteiger partial charge in [0.15, 0.2) is 11.6 Å². The van der Waals surface area contributed by atoms with Crippen molar-refractivity contribution in [3.63, 3.8) is 0 Å². The highest BCUT2D eigenvalue weighted by Crippen LogP contribution is 2.20. The lowest BCUT2D eigenvalue weighted by Crippen LogP contribution is -2.13. The van der Waals surface area contributed by atoms with Gasteiger partial charge in [-0.2, -0.15) is 5.10 Å². The summed E-state index contributed by atoms with van der Waals surface area (Å²) < 4.78 is 0. The predicted octanol–water partition coefficient (Wildman–Crippen LogP) is 6.65. The van der Waals surface area contributed by atoms with E-state index in [4.69, 9.17) is 0 Å². The zero-order chi connectivity index (χ0) is 23.5. The first-order valence-corrected chi connectivity index (χ1v) is 10.4. The lowest BCUT2D eigenvalue weighted by Gasteiger charge is -2.03. The number of nitrogens with zero attached hydrogens (tertiary/aromatic N) is 3. The van der Waals surface area contributed by atoms with Crippen molar-refractivity contribution in [3.05, 3.63) is 67.2 Å². The van der Waals surface area contributed by atoms with E-state index in [-0.39, 0.29) is 5.91 Å². The van der Waals surface area contributed by atoms with Crippen LogP contribution in [-0.2, 0) is 4.79 Å². The van der Waals surface area contributed by atoms with Crippen LogP contribution in [0.3, 0.4) is 0 Å². The summed E-state index contributed by atoms with van der Waals surface area (Å²) in [4.78, 5) is 20.9. The Morgan fingerprint density at radius 3 is 2.33 bits per heavy atom. The summed E-state index contributed by atoms with van der Waals surface area (Å²) in [7, 11) is 0. The van der Waals surface area contributed by atoms with Crippen molar-refractivity contribution in [3.8, 4) is 0 Å². The number of fused-ring (bicyclic) bond motifs is 1. The Morgan fingerprint density at radius 2 is 1.77 bits per heavy atom. The van der Waals surface area contributed by atoms with E-state index in [1.807, 2.05) is 73.6 Å². The van der Waals surface area contributed by atoms with Gasteiger partial charge in [-0.3, -0.25) is 9.89 Å². The number of carbonyl (C=O) groups is 1. The Hall–Kier alpha value is -3.28. The molecule has 2 heterocycles. The summed E-state index contributed by atoms with van der Waals surface area (Å²) in [6, 6.07) is 0. The van der Waals surface area contributed by atoms with Crippen molar-refractivity contribution >= 4 is 28.3 Å². The van der Waals surface area contributed by atoms with E-state index in [2.05, 4.69) is 38.6 Å². The third-order valence-corrected chi connectivity index (χ3v) is 3.15. The Morgan fingerprint density at radius 1 is 1.13 bits per heavy atom. The van der Waals surface area contributed by atoms with E-state index in [1.165, 1.54) is 0 Å². The summed E-state index contributed by atoms with van der Waals surface area (Å²) in [6.45, 7) is 23.1. The molecule has 0 spiro atoms. The smallest absolute Gasteiger partial charge is 0.256 e. The zero-order valence-electron chi connectivity index (χ0n) is 19.7. The van der Waals surface area contributed by atoms with Gasteiger partial charge < -0.3 is 5.32 Å². The van der Waals surface area contributed by atoms with Gasteiger partial charge in [0, 0.05) is 5.57 Å². The average molecular weight is 412 g/mol. The van der Waals surface area contributed by atoms with Crippen LogP contribution in [0.4, 0.5) is 5.82 Å². The highest BCUT2D eigenvalue weighted by atomic mass is 16.1. The van der Waals surface area contributed by atoms with Crippen LogP contribution in [0.1, 0.15) is 61.2 Å². The topological polar surface area (TPSA) is 83.6 Å². The van der Waals surface area contributed by atoms with Crippen molar-refractivity contribution < 1.29 is 4.79 Å². The predicted molar refractivity (Wildman–Crippen MR) is 131 cm³/mol. The molecule has 0 radical (unpaired) electrons. The van der Waals surface area contributed by atoms with E-state index in [9.17, 15) is 4.79 Å². The molecule has 0 saturated carbocycles. The zero-order valence-corrected chi connectivity index (χ0v) is 19.7. The molecule has 0 aliphatic carbocycles. The Kier molecular flexibility index (Phi) is 17.2. The number of nitrogens with one attached hydrogen (secondary N) is 2. The van der Waals surface area contributed by atoms with Gasteiger partial charge in [0.05, 0.1) is 6.20 Å². The van der Waals surface area contributed by atoms with Gasteiger partial charge in [-0.05, 0) is 19.4 Å². The molecule has 164 valence electrons. The second-order valence-electron chi connectivity index (χ2n) is 4.98. The molecule has 30 heavy (non-hydrogen) atoms. The SMILES string of the molecule is C=C/C=C\C(=C)C(=O)Nc1n[nH]c2cnc(/C(C)=C/C=C\C)nc12.CC.CC.CC. The molecule has 2 rings (SSSR count). The maximum atomic E-state index is 12.1. The summed E-state index contributed by atoms with van der Waals surface area (Å²) in [5, 5.41) is 9.57. The van der Waals surface area contributed by atoms with Gasteiger partial charge in [-0.1, -0.05) is 91.2 Å². The second kappa shape index (κ2) is 17.8. The molecule has 2 aromatic heterocycles. The Bertz CT molecular complexity index is 873. The first kappa shape index (κ1) is 28.9. The molecule has 6 heteroatoms. The van der Waals surface area contributed by atoms with Crippen molar-refractivity contribution in [1.29, 1.82) is 0 Å². The number of hydrogen-bond donors (Lipinski definition) is 2. The number of carbonyl (C=O) groups excluding carboxylic acids is 1. The molecule has 0 atom stereocenters. The van der Waals surface area contributed by atoms with Crippen molar-refractivity contribution in [2.75, 3.05) is 5.32 Å². The molecule has 0 saturated heterocycles. The average Bonchev–Trinajstić information content (AvgIpc) is 3.21. The molecular weight excluding hydrogens is 374 g/mol. The minimum atomic E-state index is -0.358. The molecule has 0 aliphatic heterocycles. The van der Waals surface area contributed by atoms with Crippen LogP contribution in [0, 0.1) is 0 Å². The lowest BCUT2D eigenvalue weighted by molar-refractivity contribution is -0.112. The number of H-pyrrole nitrogens is 1. The van der Waals surface area contributed by atoms with Crippen LogP contribution in [0.5, 0.6) is 0 Å². The highest BCUT2D eigenvalue weighted by Gasteiger charge is 2.13. The number of amides is 1. The number of aromatic nitrogens is 4. The molecule has 0 bridgehead atoms. The monoisotopic (exact) mass is 411 g/mol. The quantitative estimate of drug-likeness (QED) is 0.412. The van der Waals surface area contributed by atoms with Gasteiger partial charge in [0.1, 0.15) is 11.0 Å². The highest BCUT2D eigenvalue weighted by molar-refractivity contribution is 6.07. The Labute approximate surface area is 181 Å². The number of hydrogen-bond acceptors (Lipinski definition) is 4. The standard InChI is InChI=1S/C18H19N5O.3C2H6/c1-5-7-9-12(3)16-19-11-14-15(20-16)17(23-22-14)21-18(24)13(4)10-8-6-2;3*1-2/h5-11H,2,4H2,1,3H3,(H2,21,22,23,24);3*1-2H3/b7-5-,10-8-,12-9+;;;. The van der Waals surface area contributed by atoms with E-state index in [0.29, 0.717) is 28.2 Å². The molecule has 0 fully saturated rings. The third kappa shape index (κ3) is 9.28. The molecule has 0 aromatic carbocycles. The first-order chi connectivity index (χ1) is 14.6. The molecule has 0 unspecified atom stereocenters. The number of anilines is 1. The van der Waals surface area contributed by atoms with Crippen LogP contribution in [0.2, 0.25) is 0 Å². The van der Waals surface area contributed by atoms with Crippen molar-refractivity contribution in [2.24, 2.45) is 0 Å². The number of rotatable bonds is 6. The van der Waals surface area contributed by atoms with Gasteiger partial charge in [0.25, 0.3) is 5.91 Å². The van der Waals surface area contributed by atoms with Gasteiger partial charge >= 0.3 is 0 Å². The van der Waals surface area contributed by atoms with Crippen LogP contribution in [-0.4, -0.2) is 26.1 Å². The fourth-order valence-electron chi connectivity index (χ4n) is 1.85. The van der Waals surface area contributed by atoms with E-state index < -0.39 is 0 Å². The first-order valence-electron chi connectivity index (χ1n) is 10.4. The third-order valence-electron chi connectivity index (χ3n) is 3.15. The summed E-state index contributed by atoms with van der Waals surface area (Å²) in [5.41, 5.74) is 2.39. The largest absolute Gasteiger partial charge is 0.303 e. The van der Waals surface area contributed by atoms with Crippen LogP contribution in [0.15, 0.2) is 61.4 Å². The minimum absolute atomic E-state index is 0.296. The minimum Gasteiger partial charge on any atom is -0.303 e. The fraction of sp³-hybridized carbons (Fsp3) is 0.333. The van der Waals surface area contributed by atoms with Crippen molar-refractivity contribution in [1.82, 2.24) is 20.2 Å². The van der Waals surface area contributed by atoms with Gasteiger partial charge in [0.2, 0.25) is 0 Å². The van der Waals surface area contributed by atoms with E-state index in [1.54, 1.807) is 24.4 Å². The molecule has 2 aromatic rings. The fourth-order valence-corrected chi connectivity index (χ4v) is 1.85. The molecule has 0 aliphatic rings. The summed E-state index contributed by atoms with van der Waals surface area (Å²) in [5.74, 6) is 0.552. The van der Waals surface area contributed by atoms with Crippen LogP contribution in [0.25, 0.3) is 16.6 Å². The van der Waals surface area contributed by atoms with Gasteiger partial charge in [-0.15, -0.1) is 0 Å². The van der Waals surface area contributed by atoms with Crippen LogP contribution >= 0.6 is 0 Å². The second-order valence-corrected chi connectivity index (χ2v) is 4.98. The van der Waals surface area contributed by atoms with Crippen molar-refractivity contribution in [2.45, 2.75) is 55.4 Å². The number of aromatic amines is 1. The number of allylic oxidation sites excluding steroid dienone is 6. The molecule has 6 nitrogen and oxygen atoms in total. The van der Waals surface area contributed by atoms with E-state index in [0.717, 1.165) is 5.57 Å². The van der Waals surface area contributed by atoms with E-state index >= 15 is 0 Å². The lowest BCUT2D eigenvalue weighted by atomic mass is 10.2.